The van der Waals surface area contributed by atoms with Crippen LogP contribution in [0.1, 0.15) is 31.2 Å². The van der Waals surface area contributed by atoms with E-state index in [2.05, 4.69) is 38.6 Å². The topological polar surface area (TPSA) is 90.5 Å². The Labute approximate surface area is 254 Å². The number of nitrogens with one attached hydrogen (secondary N) is 1. The minimum absolute atomic E-state index is 0.0215. The second kappa shape index (κ2) is 10.7. The molecule has 7 rings (SSSR count). The Morgan fingerprint density at radius 2 is 2.00 bits per heavy atom. The van der Waals surface area contributed by atoms with Gasteiger partial charge in [-0.1, -0.05) is 24.2 Å². The predicted molar refractivity (Wildman–Crippen MR) is 166 cm³/mol. The maximum atomic E-state index is 16.8. The van der Waals surface area contributed by atoms with Crippen molar-refractivity contribution in [1.82, 2.24) is 30.0 Å². The van der Waals surface area contributed by atoms with Gasteiger partial charge >= 0.3 is 6.01 Å². The lowest BCUT2D eigenvalue weighted by atomic mass is 9.72. The van der Waals surface area contributed by atoms with Gasteiger partial charge in [-0.2, -0.15) is 15.1 Å². The van der Waals surface area contributed by atoms with Crippen molar-refractivity contribution in [3.8, 4) is 17.1 Å². The number of carbonyl (C=O) groups excluding carboxylic acids is 1. The number of hydrogen-bond donors (Lipinski definition) is 1. The first-order valence-corrected chi connectivity index (χ1v) is 15.3. The third-order valence-corrected chi connectivity index (χ3v) is 9.96. The zero-order valence-corrected chi connectivity index (χ0v) is 25.3. The summed E-state index contributed by atoms with van der Waals surface area (Å²) in [6.07, 6.45) is 7.04. The standard InChI is InChI=1S/C32H35ClFN7O2/c1-4-25(42)41-17-32(18-41)9-12-40(13-10-32)30-21-14-23(33)27(26-19(2)7-8-24-22(26)15-35-38-24)28(34)29(21)36-31(37-30)43-16-20-6-5-11-39(20)3/h4,7-8,14-15,20H,1,5-6,9-13,16-18H2,2-3H3,(H,35,38)/t20-/m0/s1. The summed E-state index contributed by atoms with van der Waals surface area (Å²) in [4.78, 5) is 27.9. The van der Waals surface area contributed by atoms with Crippen LogP contribution in [0.15, 0.2) is 37.1 Å². The summed E-state index contributed by atoms with van der Waals surface area (Å²) in [7, 11) is 2.09. The number of carbonyl (C=O) groups is 1. The van der Waals surface area contributed by atoms with Crippen LogP contribution in [0.3, 0.4) is 0 Å². The smallest absolute Gasteiger partial charge is 0.319 e. The Kier molecular flexibility index (Phi) is 7.01. The molecule has 2 aromatic heterocycles. The van der Waals surface area contributed by atoms with E-state index in [0.29, 0.717) is 34.0 Å². The minimum Gasteiger partial charge on any atom is -0.462 e. The Morgan fingerprint density at radius 3 is 2.72 bits per heavy atom. The van der Waals surface area contributed by atoms with Gasteiger partial charge in [0.05, 0.1) is 16.7 Å². The summed E-state index contributed by atoms with van der Waals surface area (Å²) in [6, 6.07) is 6.08. The molecule has 0 aliphatic carbocycles. The number of hydrogen-bond acceptors (Lipinski definition) is 7. The number of likely N-dealkylation sites (N-methyl/N-ethyl adjacent to an activating group) is 1. The molecule has 4 aromatic rings. The molecule has 3 aliphatic rings. The molecule has 0 unspecified atom stereocenters. The number of likely N-dealkylation sites (tertiary alicyclic amines) is 2. The monoisotopic (exact) mass is 603 g/mol. The highest BCUT2D eigenvalue weighted by atomic mass is 35.5. The maximum Gasteiger partial charge on any atom is 0.319 e. The number of nitrogens with zero attached hydrogens (tertiary/aromatic N) is 6. The first-order chi connectivity index (χ1) is 20.8. The molecule has 3 aliphatic heterocycles. The molecule has 43 heavy (non-hydrogen) atoms. The number of fused-ring (bicyclic) bond motifs is 2. The predicted octanol–water partition coefficient (Wildman–Crippen LogP) is 5.36. The second-order valence-corrected chi connectivity index (χ2v) is 12.7. The lowest BCUT2D eigenvalue weighted by Crippen LogP contribution is -2.61. The van der Waals surface area contributed by atoms with Gasteiger partial charge < -0.3 is 19.4 Å². The largest absolute Gasteiger partial charge is 0.462 e. The van der Waals surface area contributed by atoms with Crippen molar-refractivity contribution in [3.63, 3.8) is 0 Å². The highest BCUT2D eigenvalue weighted by Gasteiger charge is 2.46. The Morgan fingerprint density at radius 1 is 1.21 bits per heavy atom. The highest BCUT2D eigenvalue weighted by molar-refractivity contribution is 6.35. The molecule has 1 atom stereocenters. The van der Waals surface area contributed by atoms with Crippen LogP contribution in [-0.2, 0) is 4.79 Å². The van der Waals surface area contributed by atoms with E-state index in [1.54, 1.807) is 12.3 Å². The molecule has 0 bridgehead atoms. The van der Waals surface area contributed by atoms with Crippen molar-refractivity contribution < 1.29 is 13.9 Å². The van der Waals surface area contributed by atoms with E-state index in [1.165, 1.54) is 6.08 Å². The van der Waals surface area contributed by atoms with E-state index < -0.39 is 5.82 Å². The van der Waals surface area contributed by atoms with Crippen LogP contribution < -0.4 is 9.64 Å². The van der Waals surface area contributed by atoms with Crippen LogP contribution in [0.2, 0.25) is 5.02 Å². The number of piperidine rings is 1. The number of amides is 1. The average molecular weight is 604 g/mol. The number of aromatic amines is 1. The molecule has 1 N–H and O–H groups in total. The third-order valence-electron chi connectivity index (χ3n) is 9.66. The van der Waals surface area contributed by atoms with Crippen molar-refractivity contribution in [2.24, 2.45) is 5.41 Å². The van der Waals surface area contributed by atoms with Crippen molar-refractivity contribution in [3.05, 3.63) is 53.5 Å². The van der Waals surface area contributed by atoms with Gasteiger partial charge in [0.25, 0.3) is 0 Å². The summed E-state index contributed by atoms with van der Waals surface area (Å²) < 4.78 is 22.9. The molecular weight excluding hydrogens is 569 g/mol. The molecule has 3 saturated heterocycles. The molecule has 9 nitrogen and oxygen atoms in total. The second-order valence-electron chi connectivity index (χ2n) is 12.3. The van der Waals surface area contributed by atoms with E-state index in [0.717, 1.165) is 74.9 Å². The number of benzene rings is 2. The fourth-order valence-electron chi connectivity index (χ4n) is 7.07. The van der Waals surface area contributed by atoms with Crippen LogP contribution >= 0.6 is 11.6 Å². The molecule has 0 radical (unpaired) electrons. The normalized spacial score (nSPS) is 20.2. The summed E-state index contributed by atoms with van der Waals surface area (Å²) >= 11 is 6.91. The first kappa shape index (κ1) is 28.0. The Balaban J connectivity index is 1.28. The van der Waals surface area contributed by atoms with Crippen LogP contribution in [-0.4, -0.2) is 88.3 Å². The molecule has 2 aromatic carbocycles. The SMILES string of the molecule is C=CC(=O)N1CC2(CCN(c3nc(OC[C@@H]4CCCN4C)nc4c(F)c(-c5c(C)ccc6[nH]ncc56)c(Cl)cc34)CC2)C1. The van der Waals surface area contributed by atoms with Crippen molar-refractivity contribution in [2.45, 2.75) is 38.6 Å². The zero-order chi connectivity index (χ0) is 29.9. The van der Waals surface area contributed by atoms with Gasteiger partial charge in [-0.3, -0.25) is 9.89 Å². The average Bonchev–Trinajstić information content (AvgIpc) is 3.64. The Bertz CT molecular complexity index is 1740. The van der Waals surface area contributed by atoms with E-state index >= 15 is 4.39 Å². The number of aromatic nitrogens is 4. The molecule has 5 heterocycles. The van der Waals surface area contributed by atoms with Crippen molar-refractivity contribution in [2.75, 3.05) is 51.3 Å². The van der Waals surface area contributed by atoms with Gasteiger partial charge in [-0.25, -0.2) is 4.39 Å². The van der Waals surface area contributed by atoms with Crippen LogP contribution in [0.25, 0.3) is 32.9 Å². The van der Waals surface area contributed by atoms with Gasteiger partial charge in [-0.15, -0.1) is 0 Å². The minimum atomic E-state index is -0.503. The van der Waals surface area contributed by atoms with E-state index in [4.69, 9.17) is 21.3 Å². The molecule has 3 fully saturated rings. The zero-order valence-electron chi connectivity index (χ0n) is 24.5. The first-order valence-electron chi connectivity index (χ1n) is 14.9. The number of H-pyrrole nitrogens is 1. The molecule has 1 spiro atoms. The molecule has 0 saturated carbocycles. The number of rotatable bonds is 6. The van der Waals surface area contributed by atoms with Gasteiger partial charge in [0.2, 0.25) is 5.91 Å². The van der Waals surface area contributed by atoms with Crippen molar-refractivity contribution >= 4 is 45.1 Å². The summed E-state index contributed by atoms with van der Waals surface area (Å²) in [5, 5.41) is 8.79. The summed E-state index contributed by atoms with van der Waals surface area (Å²) in [6.45, 7) is 9.94. The van der Waals surface area contributed by atoms with E-state index in [9.17, 15) is 4.79 Å². The van der Waals surface area contributed by atoms with Gasteiger partial charge in [0.1, 0.15) is 17.9 Å². The molecule has 11 heteroatoms. The Hall–Kier alpha value is -3.76. The summed E-state index contributed by atoms with van der Waals surface area (Å²) in [5.74, 6) is 0.0993. The van der Waals surface area contributed by atoms with E-state index in [1.807, 2.05) is 24.0 Å². The number of ether oxygens (including phenoxy) is 1. The molecule has 224 valence electrons. The third kappa shape index (κ3) is 4.80. The quantitative estimate of drug-likeness (QED) is 0.297. The van der Waals surface area contributed by atoms with Crippen LogP contribution in [0.4, 0.5) is 10.2 Å². The number of halogens is 2. The van der Waals surface area contributed by atoms with Crippen LogP contribution in [0, 0.1) is 18.2 Å². The fraction of sp³-hybridized carbons (Fsp3) is 0.438. The lowest BCUT2D eigenvalue weighted by molar-refractivity contribution is -0.139. The van der Waals surface area contributed by atoms with Crippen LogP contribution in [0.5, 0.6) is 6.01 Å². The maximum absolute atomic E-state index is 16.8. The molecular formula is C32H35ClFN7O2. The fourth-order valence-corrected chi connectivity index (χ4v) is 7.36. The summed E-state index contributed by atoms with van der Waals surface area (Å²) in [5.41, 5.74) is 2.95. The van der Waals surface area contributed by atoms with E-state index in [-0.39, 0.29) is 28.9 Å². The van der Waals surface area contributed by atoms with Gasteiger partial charge in [0, 0.05) is 59.5 Å². The lowest BCUT2D eigenvalue weighted by Gasteiger charge is -2.54. The van der Waals surface area contributed by atoms with Gasteiger partial charge in [-0.05, 0) is 70.0 Å². The van der Waals surface area contributed by atoms with Crippen molar-refractivity contribution in [1.29, 1.82) is 0 Å². The number of aryl methyl sites for hydroxylation is 1. The molecule has 1 amide bonds. The highest BCUT2D eigenvalue weighted by Crippen LogP contribution is 2.45. The van der Waals surface area contributed by atoms with Gasteiger partial charge in [0.15, 0.2) is 5.82 Å². The number of anilines is 1.